The summed E-state index contributed by atoms with van der Waals surface area (Å²) in [5.41, 5.74) is 6.00. The Labute approximate surface area is 121 Å². The highest BCUT2D eigenvalue weighted by atomic mass is 79.9. The van der Waals surface area contributed by atoms with Crippen molar-refractivity contribution in [3.05, 3.63) is 64.3 Å². The van der Waals surface area contributed by atoms with Gasteiger partial charge in [0.2, 0.25) is 0 Å². The van der Waals surface area contributed by atoms with Gasteiger partial charge in [-0.05, 0) is 48.2 Å². The van der Waals surface area contributed by atoms with Crippen LogP contribution in [-0.2, 0) is 0 Å². The van der Waals surface area contributed by atoms with Crippen LogP contribution in [0.15, 0.2) is 53.1 Å². The van der Waals surface area contributed by atoms with Crippen molar-refractivity contribution in [2.75, 3.05) is 0 Å². The maximum absolute atomic E-state index is 4.51. The fourth-order valence-electron chi connectivity index (χ4n) is 2.51. The molecule has 0 amide bonds. The topological polar surface area (TPSA) is 12.9 Å². The molecule has 94 valence electrons. The third-order valence-electron chi connectivity index (χ3n) is 3.47. The molecule has 1 nitrogen and oxygen atoms in total. The molecule has 0 atom stereocenters. The summed E-state index contributed by atoms with van der Waals surface area (Å²) in [5.74, 6) is 0. The smallest absolute Gasteiger partial charge is 0.0714 e. The SMILES string of the molecule is Cc1cc2nccc(-c3ccccc3)c2c(C)c1Br. The van der Waals surface area contributed by atoms with Gasteiger partial charge in [-0.25, -0.2) is 0 Å². The maximum Gasteiger partial charge on any atom is 0.0714 e. The molecule has 0 spiro atoms. The molecule has 0 aliphatic rings. The lowest BCUT2D eigenvalue weighted by Gasteiger charge is -2.12. The van der Waals surface area contributed by atoms with E-state index in [1.807, 2.05) is 12.3 Å². The lowest BCUT2D eigenvalue weighted by atomic mass is 9.97. The molecule has 0 aliphatic carbocycles. The van der Waals surface area contributed by atoms with E-state index in [2.05, 4.69) is 71.2 Å². The van der Waals surface area contributed by atoms with E-state index in [-0.39, 0.29) is 0 Å². The highest BCUT2D eigenvalue weighted by Gasteiger charge is 2.11. The Morgan fingerprint density at radius 3 is 2.47 bits per heavy atom. The van der Waals surface area contributed by atoms with E-state index in [1.54, 1.807) is 0 Å². The molecule has 0 aliphatic heterocycles. The number of benzene rings is 2. The molecule has 0 saturated heterocycles. The summed E-state index contributed by atoms with van der Waals surface area (Å²) < 4.78 is 1.17. The van der Waals surface area contributed by atoms with Crippen molar-refractivity contribution in [3.63, 3.8) is 0 Å². The number of hydrogen-bond acceptors (Lipinski definition) is 1. The van der Waals surface area contributed by atoms with Crippen LogP contribution >= 0.6 is 15.9 Å². The predicted molar refractivity (Wildman–Crippen MR) is 84.4 cm³/mol. The van der Waals surface area contributed by atoms with Crippen LogP contribution in [0.2, 0.25) is 0 Å². The Balaban J connectivity index is 2.42. The van der Waals surface area contributed by atoms with E-state index in [9.17, 15) is 0 Å². The summed E-state index contributed by atoms with van der Waals surface area (Å²) in [6.07, 6.45) is 1.89. The van der Waals surface area contributed by atoms with E-state index in [0.29, 0.717) is 0 Å². The van der Waals surface area contributed by atoms with E-state index in [1.165, 1.54) is 32.1 Å². The number of pyridine rings is 1. The molecule has 1 aromatic heterocycles. The molecule has 2 aromatic carbocycles. The second kappa shape index (κ2) is 4.78. The zero-order valence-corrected chi connectivity index (χ0v) is 12.5. The maximum atomic E-state index is 4.51. The fourth-order valence-corrected chi connectivity index (χ4v) is 2.83. The van der Waals surface area contributed by atoms with Crippen LogP contribution in [0.3, 0.4) is 0 Å². The Bertz CT molecular complexity index is 748. The van der Waals surface area contributed by atoms with Crippen molar-refractivity contribution in [1.82, 2.24) is 4.98 Å². The number of nitrogens with zero attached hydrogens (tertiary/aromatic N) is 1. The Morgan fingerprint density at radius 1 is 1.00 bits per heavy atom. The van der Waals surface area contributed by atoms with Gasteiger partial charge in [-0.15, -0.1) is 0 Å². The van der Waals surface area contributed by atoms with Crippen LogP contribution in [-0.4, -0.2) is 4.98 Å². The van der Waals surface area contributed by atoms with Crippen molar-refractivity contribution in [2.45, 2.75) is 13.8 Å². The third-order valence-corrected chi connectivity index (χ3v) is 4.69. The average molecular weight is 312 g/mol. The van der Waals surface area contributed by atoms with Crippen LogP contribution in [0.5, 0.6) is 0 Å². The molecular weight excluding hydrogens is 298 g/mol. The quantitative estimate of drug-likeness (QED) is 0.595. The van der Waals surface area contributed by atoms with E-state index < -0.39 is 0 Å². The Kier molecular flexibility index (Phi) is 3.11. The van der Waals surface area contributed by atoms with Crippen molar-refractivity contribution >= 4 is 26.8 Å². The largest absolute Gasteiger partial charge is 0.256 e. The summed E-state index contributed by atoms with van der Waals surface area (Å²) in [6, 6.07) is 14.7. The van der Waals surface area contributed by atoms with Gasteiger partial charge in [-0.2, -0.15) is 0 Å². The van der Waals surface area contributed by atoms with Gasteiger partial charge >= 0.3 is 0 Å². The lowest BCUT2D eigenvalue weighted by Crippen LogP contribution is -1.91. The van der Waals surface area contributed by atoms with Crippen LogP contribution in [0, 0.1) is 13.8 Å². The molecule has 0 radical (unpaired) electrons. The molecular formula is C17H14BrN. The van der Waals surface area contributed by atoms with E-state index in [4.69, 9.17) is 0 Å². The third kappa shape index (κ3) is 2.06. The van der Waals surface area contributed by atoms with E-state index in [0.717, 1.165) is 5.52 Å². The van der Waals surface area contributed by atoms with Crippen LogP contribution in [0.25, 0.3) is 22.0 Å². The van der Waals surface area contributed by atoms with Crippen molar-refractivity contribution in [3.8, 4) is 11.1 Å². The molecule has 2 heteroatoms. The Morgan fingerprint density at radius 2 is 1.74 bits per heavy atom. The van der Waals surface area contributed by atoms with Crippen LogP contribution < -0.4 is 0 Å². The minimum absolute atomic E-state index is 1.06. The molecule has 0 unspecified atom stereocenters. The van der Waals surface area contributed by atoms with Crippen molar-refractivity contribution in [1.29, 1.82) is 0 Å². The van der Waals surface area contributed by atoms with E-state index >= 15 is 0 Å². The first-order valence-corrected chi connectivity index (χ1v) is 7.07. The molecule has 0 bridgehead atoms. The Hall–Kier alpha value is -1.67. The van der Waals surface area contributed by atoms with Gasteiger partial charge in [0.05, 0.1) is 5.52 Å². The summed E-state index contributed by atoms with van der Waals surface area (Å²) in [5, 5.41) is 1.23. The molecule has 19 heavy (non-hydrogen) atoms. The minimum atomic E-state index is 1.06. The fraction of sp³-hybridized carbons (Fsp3) is 0.118. The van der Waals surface area contributed by atoms with Gasteiger partial charge < -0.3 is 0 Å². The normalized spacial score (nSPS) is 10.9. The monoisotopic (exact) mass is 311 g/mol. The molecule has 0 fully saturated rings. The first kappa shape index (κ1) is 12.4. The second-order valence-corrected chi connectivity index (χ2v) is 5.54. The van der Waals surface area contributed by atoms with Gasteiger partial charge in [0.25, 0.3) is 0 Å². The van der Waals surface area contributed by atoms with Gasteiger partial charge in [-0.1, -0.05) is 46.3 Å². The van der Waals surface area contributed by atoms with Gasteiger partial charge in [-0.3, -0.25) is 4.98 Å². The number of hydrogen-bond donors (Lipinski definition) is 0. The van der Waals surface area contributed by atoms with Crippen molar-refractivity contribution < 1.29 is 0 Å². The van der Waals surface area contributed by atoms with Gasteiger partial charge in [0.1, 0.15) is 0 Å². The summed E-state index contributed by atoms with van der Waals surface area (Å²) in [7, 11) is 0. The summed E-state index contributed by atoms with van der Waals surface area (Å²) in [6.45, 7) is 4.25. The van der Waals surface area contributed by atoms with Crippen LogP contribution in [0.1, 0.15) is 11.1 Å². The zero-order chi connectivity index (χ0) is 13.4. The lowest BCUT2D eigenvalue weighted by molar-refractivity contribution is 1.33. The first-order valence-electron chi connectivity index (χ1n) is 6.28. The number of rotatable bonds is 1. The number of halogens is 1. The first-order chi connectivity index (χ1) is 9.18. The molecule has 0 N–H and O–H groups in total. The second-order valence-electron chi connectivity index (χ2n) is 4.75. The summed E-state index contributed by atoms with van der Waals surface area (Å²) in [4.78, 5) is 4.51. The van der Waals surface area contributed by atoms with Gasteiger partial charge in [0, 0.05) is 16.1 Å². The summed E-state index contributed by atoms with van der Waals surface area (Å²) >= 11 is 3.68. The molecule has 3 rings (SSSR count). The molecule has 0 saturated carbocycles. The molecule has 1 heterocycles. The molecule has 3 aromatic rings. The van der Waals surface area contributed by atoms with Crippen LogP contribution in [0.4, 0.5) is 0 Å². The zero-order valence-electron chi connectivity index (χ0n) is 10.9. The van der Waals surface area contributed by atoms with Crippen molar-refractivity contribution in [2.24, 2.45) is 0 Å². The van der Waals surface area contributed by atoms with Gasteiger partial charge in [0.15, 0.2) is 0 Å². The predicted octanol–water partition coefficient (Wildman–Crippen LogP) is 5.28. The highest BCUT2D eigenvalue weighted by molar-refractivity contribution is 9.10. The number of aryl methyl sites for hydroxylation is 2. The average Bonchev–Trinajstić information content (AvgIpc) is 2.45. The number of fused-ring (bicyclic) bond motifs is 1. The number of aromatic nitrogens is 1. The standard InChI is InChI=1S/C17H14BrN/c1-11-10-15-16(12(2)17(11)18)14(8-9-19-15)13-6-4-3-5-7-13/h3-10H,1-2H3. The minimum Gasteiger partial charge on any atom is -0.256 e. The highest BCUT2D eigenvalue weighted by Crippen LogP contribution is 2.34.